The molecule has 0 aromatic rings. The average molecular weight is 132 g/mol. The van der Waals surface area contributed by atoms with E-state index >= 15 is 0 Å². The van der Waals surface area contributed by atoms with Gasteiger partial charge in [0.1, 0.15) is 11.7 Å². The Bertz CT molecular complexity index is 121. The molecule has 0 aromatic carbocycles. The zero-order chi connectivity index (χ0) is 7.28. The van der Waals surface area contributed by atoms with Crippen LogP contribution >= 0.6 is 0 Å². The Hall–Kier alpha value is -0.660. The highest BCUT2D eigenvalue weighted by atomic mass is 19.2. The largest absolute Gasteiger partial charge is 0.209 e. The van der Waals surface area contributed by atoms with Crippen LogP contribution in [-0.2, 0) is 0 Å². The number of allylic oxidation sites excluding steroid dienone is 3. The van der Waals surface area contributed by atoms with Gasteiger partial charge in [-0.15, -0.1) is 6.58 Å². The Kier molecular flexibility index (Phi) is 3.93. The summed E-state index contributed by atoms with van der Waals surface area (Å²) in [5, 5.41) is 0. The summed E-state index contributed by atoms with van der Waals surface area (Å²) >= 11 is 0. The van der Waals surface area contributed by atoms with E-state index in [4.69, 9.17) is 0 Å². The van der Waals surface area contributed by atoms with Crippen LogP contribution in [0.15, 0.2) is 24.3 Å². The molecule has 0 radical (unpaired) electrons. The van der Waals surface area contributed by atoms with Crippen LogP contribution in [0.5, 0.6) is 0 Å². The van der Waals surface area contributed by atoms with E-state index in [1.54, 1.807) is 6.08 Å². The van der Waals surface area contributed by atoms with Crippen molar-refractivity contribution in [2.75, 3.05) is 0 Å². The van der Waals surface area contributed by atoms with Crippen LogP contribution in [0.4, 0.5) is 8.78 Å². The summed E-state index contributed by atoms with van der Waals surface area (Å²) in [6.07, 6.45) is 2.18. The van der Waals surface area contributed by atoms with Crippen molar-refractivity contribution in [3.05, 3.63) is 24.3 Å². The van der Waals surface area contributed by atoms with Crippen LogP contribution in [0.3, 0.4) is 0 Å². The minimum atomic E-state index is -0.725. The summed E-state index contributed by atoms with van der Waals surface area (Å²) in [5.74, 6) is -1.40. The second-order valence-corrected chi connectivity index (χ2v) is 1.77. The highest BCUT2D eigenvalue weighted by molar-refractivity contribution is 4.97. The SMILES string of the molecule is C=CCC/C(F)=C(/C)F. The van der Waals surface area contributed by atoms with Gasteiger partial charge in [-0.3, -0.25) is 0 Å². The normalized spacial score (nSPS) is 12.8. The van der Waals surface area contributed by atoms with Crippen molar-refractivity contribution >= 4 is 0 Å². The van der Waals surface area contributed by atoms with Crippen LogP contribution < -0.4 is 0 Å². The maximum absolute atomic E-state index is 12.2. The molecule has 0 aliphatic carbocycles. The Labute approximate surface area is 53.9 Å². The molecular formula is C7H10F2. The van der Waals surface area contributed by atoms with Gasteiger partial charge in [0.2, 0.25) is 0 Å². The van der Waals surface area contributed by atoms with Crippen molar-refractivity contribution < 1.29 is 8.78 Å². The number of hydrogen-bond acceptors (Lipinski definition) is 0. The standard InChI is InChI=1S/C7H10F2/c1-3-4-5-7(9)6(2)8/h3H,1,4-5H2,2H3/b7-6+. The third-order valence-electron chi connectivity index (χ3n) is 0.942. The fourth-order valence-corrected chi connectivity index (χ4v) is 0.401. The van der Waals surface area contributed by atoms with E-state index in [0.29, 0.717) is 6.42 Å². The van der Waals surface area contributed by atoms with E-state index in [2.05, 4.69) is 6.58 Å². The van der Waals surface area contributed by atoms with Gasteiger partial charge in [0.05, 0.1) is 0 Å². The number of hydrogen-bond donors (Lipinski definition) is 0. The maximum atomic E-state index is 12.2. The van der Waals surface area contributed by atoms with Crippen molar-refractivity contribution in [2.24, 2.45) is 0 Å². The average Bonchev–Trinajstić information content (AvgIpc) is 1.82. The summed E-state index contributed by atoms with van der Waals surface area (Å²) in [6.45, 7) is 4.49. The van der Waals surface area contributed by atoms with Crippen molar-refractivity contribution in [2.45, 2.75) is 19.8 Å². The van der Waals surface area contributed by atoms with Gasteiger partial charge in [0, 0.05) is 6.42 Å². The van der Waals surface area contributed by atoms with Crippen LogP contribution in [0.2, 0.25) is 0 Å². The zero-order valence-corrected chi connectivity index (χ0v) is 5.45. The molecule has 0 spiro atoms. The highest BCUT2D eigenvalue weighted by Gasteiger charge is 1.97. The van der Waals surface area contributed by atoms with Crippen molar-refractivity contribution in [3.8, 4) is 0 Å². The molecule has 0 rings (SSSR count). The van der Waals surface area contributed by atoms with Crippen LogP contribution in [0.25, 0.3) is 0 Å². The first-order valence-electron chi connectivity index (χ1n) is 2.80. The fourth-order valence-electron chi connectivity index (χ4n) is 0.401. The van der Waals surface area contributed by atoms with Crippen LogP contribution in [-0.4, -0.2) is 0 Å². The molecule has 0 atom stereocenters. The summed E-state index contributed by atoms with van der Waals surface area (Å²) in [5.41, 5.74) is 0. The smallest absolute Gasteiger partial charge is 0.131 e. The number of halogens is 2. The molecule has 0 saturated carbocycles. The predicted molar refractivity (Wildman–Crippen MR) is 34.3 cm³/mol. The van der Waals surface area contributed by atoms with E-state index < -0.39 is 11.7 Å². The Morgan fingerprint density at radius 1 is 1.56 bits per heavy atom. The molecule has 0 nitrogen and oxygen atoms in total. The molecule has 0 fully saturated rings. The van der Waals surface area contributed by atoms with Gasteiger partial charge in [0.15, 0.2) is 0 Å². The van der Waals surface area contributed by atoms with E-state index in [9.17, 15) is 8.78 Å². The zero-order valence-electron chi connectivity index (χ0n) is 5.45. The molecule has 52 valence electrons. The van der Waals surface area contributed by atoms with Crippen molar-refractivity contribution in [1.82, 2.24) is 0 Å². The van der Waals surface area contributed by atoms with Gasteiger partial charge in [-0.25, -0.2) is 8.78 Å². The second kappa shape index (κ2) is 4.24. The lowest BCUT2D eigenvalue weighted by Gasteiger charge is -1.91. The molecule has 0 aliphatic heterocycles. The molecule has 9 heavy (non-hydrogen) atoms. The Morgan fingerprint density at radius 2 is 2.11 bits per heavy atom. The molecular weight excluding hydrogens is 122 g/mol. The molecule has 0 amide bonds. The lowest BCUT2D eigenvalue weighted by atomic mass is 10.2. The van der Waals surface area contributed by atoms with Crippen molar-refractivity contribution in [1.29, 1.82) is 0 Å². The summed E-state index contributed by atoms with van der Waals surface area (Å²) in [4.78, 5) is 0. The minimum absolute atomic E-state index is 0.131. The van der Waals surface area contributed by atoms with E-state index in [-0.39, 0.29) is 6.42 Å². The summed E-state index contributed by atoms with van der Waals surface area (Å²) < 4.78 is 24.1. The highest BCUT2D eigenvalue weighted by Crippen LogP contribution is 2.12. The van der Waals surface area contributed by atoms with Crippen molar-refractivity contribution in [3.63, 3.8) is 0 Å². The monoisotopic (exact) mass is 132 g/mol. The molecule has 0 bridgehead atoms. The fraction of sp³-hybridized carbons (Fsp3) is 0.429. The molecule has 0 aliphatic rings. The van der Waals surface area contributed by atoms with E-state index in [1.165, 1.54) is 0 Å². The van der Waals surface area contributed by atoms with Gasteiger partial charge in [-0.05, 0) is 13.3 Å². The molecule has 0 saturated heterocycles. The van der Waals surface area contributed by atoms with E-state index in [1.807, 2.05) is 0 Å². The maximum Gasteiger partial charge on any atom is 0.131 e. The van der Waals surface area contributed by atoms with Gasteiger partial charge in [-0.1, -0.05) is 6.08 Å². The van der Waals surface area contributed by atoms with Gasteiger partial charge >= 0.3 is 0 Å². The van der Waals surface area contributed by atoms with E-state index in [0.717, 1.165) is 6.92 Å². The van der Waals surface area contributed by atoms with Gasteiger partial charge in [0.25, 0.3) is 0 Å². The third kappa shape index (κ3) is 3.88. The third-order valence-corrected chi connectivity index (χ3v) is 0.942. The second-order valence-electron chi connectivity index (χ2n) is 1.77. The Morgan fingerprint density at radius 3 is 2.44 bits per heavy atom. The first-order chi connectivity index (χ1) is 4.18. The van der Waals surface area contributed by atoms with Gasteiger partial charge < -0.3 is 0 Å². The molecule has 2 heteroatoms. The predicted octanol–water partition coefficient (Wildman–Crippen LogP) is 3.12. The van der Waals surface area contributed by atoms with Crippen LogP contribution in [0.1, 0.15) is 19.8 Å². The first-order valence-corrected chi connectivity index (χ1v) is 2.80. The Balaban J connectivity index is 3.62. The lowest BCUT2D eigenvalue weighted by molar-refractivity contribution is 0.511. The molecule has 0 N–H and O–H groups in total. The number of rotatable bonds is 3. The molecule has 0 aromatic heterocycles. The quantitative estimate of drug-likeness (QED) is 0.517. The van der Waals surface area contributed by atoms with Gasteiger partial charge in [-0.2, -0.15) is 0 Å². The molecule has 0 unspecified atom stereocenters. The van der Waals surface area contributed by atoms with Crippen LogP contribution in [0, 0.1) is 0 Å². The molecule has 0 heterocycles. The lowest BCUT2D eigenvalue weighted by Crippen LogP contribution is -1.75. The summed E-state index contributed by atoms with van der Waals surface area (Å²) in [6, 6.07) is 0. The summed E-state index contributed by atoms with van der Waals surface area (Å²) in [7, 11) is 0. The minimum Gasteiger partial charge on any atom is -0.209 e. The topological polar surface area (TPSA) is 0 Å². The first kappa shape index (κ1) is 8.34.